The molecule has 0 aromatic carbocycles. The zero-order valence-corrected chi connectivity index (χ0v) is 9.38. The Labute approximate surface area is 93.8 Å². The van der Waals surface area contributed by atoms with Gasteiger partial charge in [-0.15, -0.1) is 0 Å². The summed E-state index contributed by atoms with van der Waals surface area (Å²) >= 11 is 3.02. The van der Waals surface area contributed by atoms with Gasteiger partial charge in [-0.1, -0.05) is 0 Å². The van der Waals surface area contributed by atoms with Gasteiger partial charge in [0.25, 0.3) is 6.43 Å². The normalized spacial score (nSPS) is 10.1. The van der Waals surface area contributed by atoms with Gasteiger partial charge in [0, 0.05) is 16.2 Å². The molecule has 1 aromatic rings. The smallest absolute Gasteiger partial charge is 0.266 e. The molecule has 15 heavy (non-hydrogen) atoms. The van der Waals surface area contributed by atoms with E-state index in [4.69, 9.17) is 10.00 Å². The molecule has 0 atom stereocenters. The maximum absolute atomic E-state index is 12.5. The Kier molecular flexibility index (Phi) is 3.97. The highest BCUT2D eigenvalue weighted by molar-refractivity contribution is 9.10. The molecule has 1 aromatic heterocycles. The summed E-state index contributed by atoms with van der Waals surface area (Å²) < 4.78 is 30.0. The van der Waals surface area contributed by atoms with Gasteiger partial charge < -0.3 is 4.74 Å². The minimum atomic E-state index is -2.63. The molecule has 1 heterocycles. The van der Waals surface area contributed by atoms with Gasteiger partial charge in [-0.2, -0.15) is 5.26 Å². The summed E-state index contributed by atoms with van der Waals surface area (Å²) in [4.78, 5) is 3.71. The summed E-state index contributed by atoms with van der Waals surface area (Å²) in [5.41, 5.74) is 0.110. The molecule has 1 rings (SSSR count). The molecule has 0 spiro atoms. The van der Waals surface area contributed by atoms with E-state index < -0.39 is 6.43 Å². The van der Waals surface area contributed by atoms with Crippen molar-refractivity contribution in [3.63, 3.8) is 0 Å². The van der Waals surface area contributed by atoms with Crippen LogP contribution in [0.15, 0.2) is 10.7 Å². The second-order valence-corrected chi connectivity index (χ2v) is 3.44. The molecule has 0 saturated carbocycles. The summed E-state index contributed by atoms with van der Waals surface area (Å²) in [5.74, 6) is 0.188. The van der Waals surface area contributed by atoms with E-state index >= 15 is 0 Å². The maximum atomic E-state index is 12.5. The van der Waals surface area contributed by atoms with Gasteiger partial charge in [0.1, 0.15) is 0 Å². The second-order valence-electron chi connectivity index (χ2n) is 2.65. The first-order chi connectivity index (χ1) is 7.11. The van der Waals surface area contributed by atoms with Gasteiger partial charge in [-0.3, -0.25) is 0 Å². The summed E-state index contributed by atoms with van der Waals surface area (Å²) in [6, 6.07) is 1.87. The number of halogens is 3. The highest BCUT2D eigenvalue weighted by atomic mass is 79.9. The van der Waals surface area contributed by atoms with Crippen molar-refractivity contribution in [1.82, 2.24) is 4.98 Å². The number of hydrogen-bond acceptors (Lipinski definition) is 3. The molecule has 0 aliphatic carbocycles. The predicted octanol–water partition coefficient (Wildman–Crippen LogP) is 2.86. The van der Waals surface area contributed by atoms with Gasteiger partial charge >= 0.3 is 0 Å². The van der Waals surface area contributed by atoms with Crippen molar-refractivity contribution in [2.45, 2.75) is 12.8 Å². The topological polar surface area (TPSA) is 45.9 Å². The van der Waals surface area contributed by atoms with Gasteiger partial charge in [-0.25, -0.2) is 13.8 Å². The van der Waals surface area contributed by atoms with Crippen LogP contribution in [-0.2, 0) is 6.42 Å². The number of rotatable bonds is 3. The summed E-state index contributed by atoms with van der Waals surface area (Å²) in [6.45, 7) is 0. The third kappa shape index (κ3) is 2.42. The highest BCUT2D eigenvalue weighted by Crippen LogP contribution is 2.33. The Bertz CT molecular complexity index is 404. The minimum Gasteiger partial charge on any atom is -0.481 e. The van der Waals surface area contributed by atoms with Crippen LogP contribution in [-0.4, -0.2) is 12.1 Å². The summed E-state index contributed by atoms with van der Waals surface area (Å²) in [6.07, 6.45) is -1.62. The molecule has 0 unspecified atom stereocenters. The van der Waals surface area contributed by atoms with Gasteiger partial charge in [0.05, 0.1) is 25.2 Å². The van der Waals surface area contributed by atoms with Gasteiger partial charge in [0.15, 0.2) is 0 Å². The third-order valence-electron chi connectivity index (χ3n) is 1.78. The van der Waals surface area contributed by atoms with Crippen molar-refractivity contribution < 1.29 is 13.5 Å². The standard InChI is InChI=1S/C9H7BrF2N2O/c1-15-9-5(2-3-13)7(10)6(4-14-9)8(11)12/h4,8H,2H2,1H3. The van der Waals surface area contributed by atoms with Crippen LogP contribution < -0.4 is 4.74 Å². The molecule has 0 amide bonds. The maximum Gasteiger partial charge on any atom is 0.266 e. The largest absolute Gasteiger partial charge is 0.481 e. The number of nitrogens with zero attached hydrogens (tertiary/aromatic N) is 2. The lowest BCUT2D eigenvalue weighted by Gasteiger charge is -2.10. The number of methoxy groups -OCH3 is 1. The van der Waals surface area contributed by atoms with Crippen molar-refractivity contribution >= 4 is 15.9 Å². The van der Waals surface area contributed by atoms with Crippen LogP contribution >= 0.6 is 15.9 Å². The van der Waals surface area contributed by atoms with E-state index in [2.05, 4.69) is 20.9 Å². The minimum absolute atomic E-state index is 0.0304. The molecular weight excluding hydrogens is 270 g/mol. The fourth-order valence-electron chi connectivity index (χ4n) is 1.09. The van der Waals surface area contributed by atoms with Gasteiger partial charge in [0.2, 0.25) is 5.88 Å². The zero-order chi connectivity index (χ0) is 11.4. The lowest BCUT2D eigenvalue weighted by Crippen LogP contribution is -2.00. The van der Waals surface area contributed by atoms with E-state index in [0.29, 0.717) is 5.56 Å². The Morgan fingerprint density at radius 1 is 1.67 bits per heavy atom. The van der Waals surface area contributed by atoms with Crippen LogP contribution in [0.4, 0.5) is 8.78 Å². The lowest BCUT2D eigenvalue weighted by atomic mass is 10.1. The quantitative estimate of drug-likeness (QED) is 0.853. The number of hydrogen-bond donors (Lipinski definition) is 0. The fraction of sp³-hybridized carbons (Fsp3) is 0.333. The molecule has 0 fully saturated rings. The van der Waals surface area contributed by atoms with Crippen molar-refractivity contribution in [3.8, 4) is 11.9 Å². The SMILES string of the molecule is COc1ncc(C(F)F)c(Br)c1CC#N. The summed E-state index contributed by atoms with van der Waals surface area (Å²) in [7, 11) is 1.37. The monoisotopic (exact) mass is 276 g/mol. The number of ether oxygens (including phenoxy) is 1. The number of nitriles is 1. The van der Waals surface area contributed by atoms with E-state index in [1.807, 2.05) is 6.07 Å². The number of pyridine rings is 1. The molecule has 0 aliphatic heterocycles. The first kappa shape index (κ1) is 11.9. The van der Waals surface area contributed by atoms with Crippen LogP contribution in [0.2, 0.25) is 0 Å². The number of aromatic nitrogens is 1. The summed E-state index contributed by atoms with van der Waals surface area (Å²) in [5, 5.41) is 8.55. The molecule has 80 valence electrons. The van der Waals surface area contributed by atoms with Crippen molar-refractivity contribution in [3.05, 3.63) is 21.8 Å². The average molecular weight is 277 g/mol. The lowest BCUT2D eigenvalue weighted by molar-refractivity contribution is 0.149. The zero-order valence-electron chi connectivity index (χ0n) is 7.80. The third-order valence-corrected chi connectivity index (χ3v) is 2.72. The average Bonchev–Trinajstić information content (AvgIpc) is 2.20. The number of alkyl halides is 2. The molecular formula is C9H7BrF2N2O. The van der Waals surface area contributed by atoms with Crippen molar-refractivity contribution in [2.75, 3.05) is 7.11 Å². The van der Waals surface area contributed by atoms with E-state index in [1.165, 1.54) is 7.11 Å². The highest BCUT2D eigenvalue weighted by Gasteiger charge is 2.18. The van der Waals surface area contributed by atoms with Crippen molar-refractivity contribution in [1.29, 1.82) is 5.26 Å². The molecule has 0 aliphatic rings. The molecule has 0 N–H and O–H groups in total. The molecule has 6 heteroatoms. The fourth-order valence-corrected chi connectivity index (χ4v) is 1.68. The molecule has 0 radical (unpaired) electrons. The molecule has 0 bridgehead atoms. The van der Waals surface area contributed by atoms with E-state index in [9.17, 15) is 8.78 Å². The Morgan fingerprint density at radius 2 is 2.33 bits per heavy atom. The Morgan fingerprint density at radius 3 is 2.80 bits per heavy atom. The molecule has 0 saturated heterocycles. The second kappa shape index (κ2) is 5.03. The van der Waals surface area contributed by atoms with Crippen LogP contribution in [0.5, 0.6) is 5.88 Å². The Balaban J connectivity index is 3.30. The first-order valence-electron chi connectivity index (χ1n) is 3.98. The van der Waals surface area contributed by atoms with Crippen LogP contribution in [0.1, 0.15) is 17.6 Å². The predicted molar refractivity (Wildman–Crippen MR) is 52.8 cm³/mol. The van der Waals surface area contributed by atoms with E-state index in [1.54, 1.807) is 0 Å². The molecule has 3 nitrogen and oxygen atoms in total. The van der Waals surface area contributed by atoms with E-state index in [-0.39, 0.29) is 22.3 Å². The van der Waals surface area contributed by atoms with Gasteiger partial charge in [-0.05, 0) is 15.9 Å². The van der Waals surface area contributed by atoms with Crippen LogP contribution in [0.3, 0.4) is 0 Å². The van der Waals surface area contributed by atoms with E-state index in [0.717, 1.165) is 6.20 Å². The Hall–Kier alpha value is -1.22. The first-order valence-corrected chi connectivity index (χ1v) is 4.77. The van der Waals surface area contributed by atoms with Crippen molar-refractivity contribution in [2.24, 2.45) is 0 Å². The van der Waals surface area contributed by atoms with Crippen LogP contribution in [0.25, 0.3) is 0 Å². The van der Waals surface area contributed by atoms with Crippen LogP contribution in [0, 0.1) is 11.3 Å².